The van der Waals surface area contributed by atoms with Gasteiger partial charge in [0, 0.05) is 81.4 Å². The molecule has 4 aromatic carbocycles. The lowest BCUT2D eigenvalue weighted by atomic mass is 9.95. The first-order valence-electron chi connectivity index (χ1n) is 20.0. The molecular weight excluding hydrogens is 777 g/mol. The van der Waals surface area contributed by atoms with Crippen molar-refractivity contribution in [3.8, 4) is 35.5 Å². The van der Waals surface area contributed by atoms with Gasteiger partial charge in [0.15, 0.2) is 0 Å². The summed E-state index contributed by atoms with van der Waals surface area (Å²) in [6, 6.07) is 27.0. The lowest BCUT2D eigenvalue weighted by Gasteiger charge is -2.12. The molecule has 62 heavy (non-hydrogen) atoms. The summed E-state index contributed by atoms with van der Waals surface area (Å²) in [6.07, 6.45) is 1.88. The molecule has 0 aromatic heterocycles. The Kier molecular flexibility index (Phi) is 18.1. The van der Waals surface area contributed by atoms with Crippen molar-refractivity contribution in [3.05, 3.63) is 189 Å². The minimum absolute atomic E-state index is 0.104. The maximum Gasteiger partial charge on any atom is 0.333 e. The average Bonchev–Trinajstić information content (AvgIpc) is 3.25. The fourth-order valence-corrected chi connectivity index (χ4v) is 5.43. The number of rotatable bonds is 16. The molecule has 0 bridgehead atoms. The van der Waals surface area contributed by atoms with Crippen LogP contribution < -0.4 is 0 Å². The molecule has 0 saturated carbocycles. The molecule has 314 valence electrons. The third-order valence-corrected chi connectivity index (χ3v) is 9.01. The fourth-order valence-electron chi connectivity index (χ4n) is 5.43. The highest BCUT2D eigenvalue weighted by Crippen LogP contribution is 2.20. The zero-order chi connectivity index (χ0) is 45.0. The van der Waals surface area contributed by atoms with Crippen molar-refractivity contribution >= 4 is 23.9 Å². The maximum atomic E-state index is 12.2. The minimum atomic E-state index is -0.482. The SMILES string of the molecule is C=C(C)C(=O)OCCc1ccc(C#Cc2ccc(C#Cc3cc(CCOC(=O)C(=C)C)c(C#Cc4ccc(CCOC(=O)C(=C)C)cc4)cc3CCOC(=O)C(=C)C)cc2)cc1. The van der Waals surface area contributed by atoms with Gasteiger partial charge in [0.1, 0.15) is 0 Å². The second-order valence-electron chi connectivity index (χ2n) is 14.6. The number of carbonyl (C=O) groups is 4. The van der Waals surface area contributed by atoms with Crippen LogP contribution >= 0.6 is 0 Å². The number of hydrogen-bond donors (Lipinski definition) is 0. The van der Waals surface area contributed by atoms with Gasteiger partial charge in [0.05, 0.1) is 26.4 Å². The van der Waals surface area contributed by atoms with Crippen LogP contribution in [0.4, 0.5) is 0 Å². The molecule has 0 N–H and O–H groups in total. The summed E-state index contributed by atoms with van der Waals surface area (Å²) in [5.41, 5.74) is 9.62. The van der Waals surface area contributed by atoms with E-state index in [4.69, 9.17) is 18.9 Å². The quantitative estimate of drug-likeness (QED) is 0.0480. The van der Waals surface area contributed by atoms with Gasteiger partial charge < -0.3 is 18.9 Å². The Morgan fingerprint density at radius 2 is 0.629 bits per heavy atom. The van der Waals surface area contributed by atoms with E-state index in [9.17, 15) is 19.2 Å². The number of esters is 4. The van der Waals surface area contributed by atoms with Gasteiger partial charge in [-0.05, 0) is 111 Å². The Morgan fingerprint density at radius 3 is 0.903 bits per heavy atom. The van der Waals surface area contributed by atoms with Crippen LogP contribution in [0.15, 0.2) is 134 Å². The molecular formula is C54H50O8. The van der Waals surface area contributed by atoms with E-state index in [-0.39, 0.29) is 26.4 Å². The van der Waals surface area contributed by atoms with E-state index in [2.05, 4.69) is 61.8 Å². The van der Waals surface area contributed by atoms with Gasteiger partial charge in [-0.1, -0.05) is 86.1 Å². The van der Waals surface area contributed by atoms with Crippen LogP contribution in [-0.4, -0.2) is 50.3 Å². The van der Waals surface area contributed by atoms with Gasteiger partial charge in [0.25, 0.3) is 0 Å². The number of carbonyl (C=O) groups excluding carboxylic acids is 4. The van der Waals surface area contributed by atoms with Gasteiger partial charge in [-0.2, -0.15) is 0 Å². The largest absolute Gasteiger partial charge is 0.462 e. The fraction of sp³-hybridized carbons (Fsp3) is 0.222. The summed E-state index contributed by atoms with van der Waals surface area (Å²) >= 11 is 0. The molecule has 0 atom stereocenters. The predicted octanol–water partition coefficient (Wildman–Crippen LogP) is 8.53. The van der Waals surface area contributed by atoms with Crippen LogP contribution in [0, 0.1) is 35.5 Å². The van der Waals surface area contributed by atoms with E-state index in [1.165, 1.54) is 0 Å². The highest BCUT2D eigenvalue weighted by atomic mass is 16.5. The molecule has 8 heteroatoms. The van der Waals surface area contributed by atoms with Crippen LogP contribution in [0.25, 0.3) is 0 Å². The van der Waals surface area contributed by atoms with Crippen LogP contribution in [0.2, 0.25) is 0 Å². The second-order valence-corrected chi connectivity index (χ2v) is 14.6. The predicted molar refractivity (Wildman–Crippen MR) is 242 cm³/mol. The molecule has 0 aliphatic heterocycles. The summed E-state index contributed by atoms with van der Waals surface area (Å²) in [5.74, 6) is 17.7. The average molecular weight is 827 g/mol. The van der Waals surface area contributed by atoms with Gasteiger partial charge in [-0.25, -0.2) is 19.2 Å². The lowest BCUT2D eigenvalue weighted by molar-refractivity contribution is -0.139. The highest BCUT2D eigenvalue weighted by Gasteiger charge is 2.12. The number of ether oxygens (including phenoxy) is 4. The van der Waals surface area contributed by atoms with Crippen molar-refractivity contribution < 1.29 is 38.1 Å². The summed E-state index contributed by atoms with van der Waals surface area (Å²) in [5, 5.41) is 0. The van der Waals surface area contributed by atoms with E-state index in [0.29, 0.717) is 59.1 Å². The van der Waals surface area contributed by atoms with E-state index < -0.39 is 23.9 Å². The normalized spacial score (nSPS) is 9.94. The monoisotopic (exact) mass is 826 g/mol. The minimum Gasteiger partial charge on any atom is -0.462 e. The van der Waals surface area contributed by atoms with Crippen LogP contribution in [-0.2, 0) is 63.8 Å². The molecule has 4 rings (SSSR count). The van der Waals surface area contributed by atoms with Crippen molar-refractivity contribution in [3.63, 3.8) is 0 Å². The Bertz CT molecular complexity index is 2540. The molecule has 8 nitrogen and oxygen atoms in total. The Hall–Kier alpha value is -7.60. The Morgan fingerprint density at radius 1 is 0.387 bits per heavy atom. The zero-order valence-corrected chi connectivity index (χ0v) is 35.8. The van der Waals surface area contributed by atoms with Crippen molar-refractivity contribution in [1.82, 2.24) is 0 Å². The van der Waals surface area contributed by atoms with Crippen LogP contribution in [0.3, 0.4) is 0 Å². The lowest BCUT2D eigenvalue weighted by Crippen LogP contribution is -2.11. The summed E-state index contributed by atoms with van der Waals surface area (Å²) in [4.78, 5) is 47.8. The number of benzene rings is 4. The van der Waals surface area contributed by atoms with Crippen molar-refractivity contribution in [1.29, 1.82) is 0 Å². The Balaban J connectivity index is 1.58. The van der Waals surface area contributed by atoms with E-state index in [0.717, 1.165) is 44.5 Å². The summed E-state index contributed by atoms with van der Waals surface area (Å²) < 4.78 is 21.3. The summed E-state index contributed by atoms with van der Waals surface area (Å²) in [6.45, 7) is 21.7. The molecule has 0 spiro atoms. The molecule has 0 aliphatic rings. The highest BCUT2D eigenvalue weighted by molar-refractivity contribution is 5.88. The smallest absolute Gasteiger partial charge is 0.333 e. The van der Waals surface area contributed by atoms with E-state index >= 15 is 0 Å². The summed E-state index contributed by atoms with van der Waals surface area (Å²) in [7, 11) is 0. The first kappa shape index (κ1) is 47.1. The van der Waals surface area contributed by atoms with Crippen molar-refractivity contribution in [2.75, 3.05) is 26.4 Å². The van der Waals surface area contributed by atoms with Gasteiger partial charge >= 0.3 is 23.9 Å². The van der Waals surface area contributed by atoms with Gasteiger partial charge in [-0.3, -0.25) is 0 Å². The van der Waals surface area contributed by atoms with Crippen LogP contribution in [0.5, 0.6) is 0 Å². The second kappa shape index (κ2) is 23.9. The van der Waals surface area contributed by atoms with Crippen LogP contribution in [0.1, 0.15) is 83.3 Å². The molecule has 0 heterocycles. The molecule has 0 fully saturated rings. The van der Waals surface area contributed by atoms with Gasteiger partial charge in [0.2, 0.25) is 0 Å². The molecule has 4 aromatic rings. The van der Waals surface area contributed by atoms with E-state index in [1.54, 1.807) is 27.7 Å². The molecule has 0 amide bonds. The molecule has 0 unspecified atom stereocenters. The van der Waals surface area contributed by atoms with Crippen molar-refractivity contribution in [2.45, 2.75) is 53.4 Å². The molecule has 0 aliphatic carbocycles. The molecule has 0 radical (unpaired) electrons. The van der Waals surface area contributed by atoms with Crippen molar-refractivity contribution in [2.24, 2.45) is 0 Å². The first-order valence-corrected chi connectivity index (χ1v) is 20.0. The third-order valence-electron chi connectivity index (χ3n) is 9.01. The maximum absolute atomic E-state index is 12.2. The first-order chi connectivity index (χ1) is 29.7. The molecule has 0 saturated heterocycles. The van der Waals surface area contributed by atoms with E-state index in [1.807, 2.05) is 84.9 Å². The third kappa shape index (κ3) is 15.9. The van der Waals surface area contributed by atoms with Gasteiger partial charge in [-0.15, -0.1) is 0 Å². The number of hydrogen-bond acceptors (Lipinski definition) is 8. The Labute approximate surface area is 365 Å². The topological polar surface area (TPSA) is 105 Å². The standard InChI is InChI=1S/C54H50O8/c1-37(2)51(55)59-31-27-45-19-15-42(16-20-45)10-9-41-11-13-43(14-12-41)23-25-47-35-50(30-34-62-54(58)40(7)8)48(36-49(47)29-33-61-53(57)39(5)6)26-24-44-17-21-46(22-18-44)28-32-60-52(56)38(3)4/h11-22,35-36H,1,3,5,7,27-34H2,2,4,6,8H3. The zero-order valence-electron chi connectivity index (χ0n) is 35.8.